The molecule has 9 heteroatoms. The Labute approximate surface area is 142 Å². The Morgan fingerprint density at radius 1 is 1.33 bits per heavy atom. The van der Waals surface area contributed by atoms with Crippen LogP contribution >= 0.6 is 11.6 Å². The van der Waals surface area contributed by atoms with E-state index in [4.69, 9.17) is 16.0 Å². The fraction of sp³-hybridized carbons (Fsp3) is 0.200. The largest absolute Gasteiger partial charge is 0.467 e. The van der Waals surface area contributed by atoms with Gasteiger partial charge in [0.25, 0.3) is 0 Å². The highest BCUT2D eigenvalue weighted by atomic mass is 35.5. The highest BCUT2D eigenvalue weighted by Crippen LogP contribution is 2.17. The molecule has 1 aromatic carbocycles. The summed E-state index contributed by atoms with van der Waals surface area (Å²) in [6.45, 7) is -0.0729. The molecule has 8 nitrogen and oxygen atoms in total. The minimum absolute atomic E-state index is 0.0328. The van der Waals surface area contributed by atoms with Gasteiger partial charge in [0.1, 0.15) is 18.4 Å². The van der Waals surface area contributed by atoms with Crippen molar-refractivity contribution in [1.29, 1.82) is 0 Å². The Kier molecular flexibility index (Phi) is 4.88. The molecule has 0 aliphatic heterocycles. The molecule has 0 aliphatic carbocycles. The van der Waals surface area contributed by atoms with Crippen LogP contribution in [0.3, 0.4) is 0 Å². The minimum Gasteiger partial charge on any atom is -0.467 e. The van der Waals surface area contributed by atoms with Gasteiger partial charge < -0.3 is 14.8 Å². The van der Waals surface area contributed by atoms with Crippen molar-refractivity contribution in [2.75, 3.05) is 6.54 Å². The van der Waals surface area contributed by atoms with Gasteiger partial charge in [0.05, 0.1) is 12.8 Å². The molecule has 0 bridgehead atoms. The summed E-state index contributed by atoms with van der Waals surface area (Å²) in [4.78, 5) is 13.1. The van der Waals surface area contributed by atoms with Crippen LogP contribution in [0.15, 0.2) is 47.1 Å². The van der Waals surface area contributed by atoms with Crippen LogP contribution in [-0.2, 0) is 11.3 Å². The molecule has 24 heavy (non-hydrogen) atoms. The van der Waals surface area contributed by atoms with Crippen LogP contribution in [0.1, 0.15) is 11.9 Å². The topological polar surface area (TPSA) is 106 Å². The lowest BCUT2D eigenvalue weighted by atomic mass is 10.2. The third-order valence-corrected chi connectivity index (χ3v) is 3.46. The molecule has 124 valence electrons. The van der Waals surface area contributed by atoms with Crippen molar-refractivity contribution in [2.24, 2.45) is 0 Å². The Morgan fingerprint density at radius 3 is 2.83 bits per heavy atom. The summed E-state index contributed by atoms with van der Waals surface area (Å²) < 4.78 is 5.06. The standard InChI is InChI=1S/C15H14ClN5O3/c16-11-5-3-10(4-6-11)15-18-20-21(19-15)9-14(23)17-8-12(22)13-2-1-7-24-13/h1-7,12,22H,8-9H2,(H,17,23). The zero-order chi connectivity index (χ0) is 16.9. The third-order valence-electron chi connectivity index (χ3n) is 3.20. The number of benzene rings is 1. The summed E-state index contributed by atoms with van der Waals surface area (Å²) >= 11 is 5.83. The quantitative estimate of drug-likeness (QED) is 0.698. The van der Waals surface area contributed by atoms with E-state index in [9.17, 15) is 9.90 Å². The highest BCUT2D eigenvalue weighted by Gasteiger charge is 2.13. The number of carbonyl (C=O) groups excluding carboxylic acids is 1. The first-order valence-corrected chi connectivity index (χ1v) is 7.51. The van der Waals surface area contributed by atoms with Crippen molar-refractivity contribution >= 4 is 17.5 Å². The lowest BCUT2D eigenvalue weighted by molar-refractivity contribution is -0.122. The van der Waals surface area contributed by atoms with Crippen LogP contribution in [0.5, 0.6) is 0 Å². The molecule has 0 saturated carbocycles. The lowest BCUT2D eigenvalue weighted by Gasteiger charge is -2.08. The second-order valence-electron chi connectivity index (χ2n) is 4.99. The fourth-order valence-corrected chi connectivity index (χ4v) is 2.13. The zero-order valence-electron chi connectivity index (χ0n) is 12.5. The molecule has 1 atom stereocenters. The number of nitrogens with zero attached hydrogens (tertiary/aromatic N) is 4. The summed E-state index contributed by atoms with van der Waals surface area (Å²) in [7, 11) is 0. The van der Waals surface area contributed by atoms with Gasteiger partial charge in [0.2, 0.25) is 11.7 Å². The molecule has 0 saturated heterocycles. The summed E-state index contributed by atoms with van der Waals surface area (Å²) in [6, 6.07) is 10.3. The van der Waals surface area contributed by atoms with Crippen LogP contribution < -0.4 is 5.32 Å². The summed E-state index contributed by atoms with van der Waals surface area (Å²) in [5.74, 6) is 0.440. The predicted molar refractivity (Wildman–Crippen MR) is 84.9 cm³/mol. The number of furan rings is 1. The van der Waals surface area contributed by atoms with Crippen molar-refractivity contribution in [1.82, 2.24) is 25.5 Å². The molecule has 0 radical (unpaired) electrons. The number of tetrazole rings is 1. The molecule has 0 fully saturated rings. The Morgan fingerprint density at radius 2 is 2.12 bits per heavy atom. The van der Waals surface area contributed by atoms with E-state index in [1.54, 1.807) is 36.4 Å². The van der Waals surface area contributed by atoms with Crippen LogP contribution in [0.2, 0.25) is 5.02 Å². The molecule has 0 aliphatic rings. The lowest BCUT2D eigenvalue weighted by Crippen LogP contribution is -2.32. The van der Waals surface area contributed by atoms with E-state index in [-0.39, 0.29) is 19.0 Å². The Hall–Kier alpha value is -2.71. The summed E-state index contributed by atoms with van der Waals surface area (Å²) in [5, 5.41) is 24.9. The number of aliphatic hydroxyl groups is 1. The molecular formula is C15H14ClN5O3. The van der Waals surface area contributed by atoms with Crippen molar-refractivity contribution in [2.45, 2.75) is 12.6 Å². The average molecular weight is 348 g/mol. The number of aromatic nitrogens is 4. The third kappa shape index (κ3) is 3.98. The van der Waals surface area contributed by atoms with E-state index in [1.165, 1.54) is 11.1 Å². The first kappa shape index (κ1) is 16.2. The normalized spacial score (nSPS) is 12.1. The van der Waals surface area contributed by atoms with E-state index < -0.39 is 6.10 Å². The van der Waals surface area contributed by atoms with Crippen LogP contribution in [-0.4, -0.2) is 37.8 Å². The number of halogens is 1. The molecule has 2 N–H and O–H groups in total. The summed E-state index contributed by atoms with van der Waals surface area (Å²) in [5.41, 5.74) is 0.749. The maximum atomic E-state index is 11.9. The van der Waals surface area contributed by atoms with Gasteiger partial charge in [-0.1, -0.05) is 11.6 Å². The van der Waals surface area contributed by atoms with E-state index in [0.717, 1.165) is 5.56 Å². The van der Waals surface area contributed by atoms with Crippen LogP contribution in [0.25, 0.3) is 11.4 Å². The maximum absolute atomic E-state index is 11.9. The van der Waals surface area contributed by atoms with Crippen molar-refractivity contribution in [3.8, 4) is 11.4 Å². The minimum atomic E-state index is -0.905. The number of hydrogen-bond donors (Lipinski definition) is 2. The molecule has 3 rings (SSSR count). The van der Waals surface area contributed by atoms with Crippen LogP contribution in [0.4, 0.5) is 0 Å². The zero-order valence-corrected chi connectivity index (χ0v) is 13.2. The monoisotopic (exact) mass is 347 g/mol. The van der Waals surface area contributed by atoms with E-state index in [0.29, 0.717) is 16.6 Å². The van der Waals surface area contributed by atoms with E-state index in [2.05, 4.69) is 20.7 Å². The SMILES string of the molecule is O=C(Cn1nnc(-c2ccc(Cl)cc2)n1)NCC(O)c1ccco1. The van der Waals surface area contributed by atoms with E-state index in [1.807, 2.05) is 0 Å². The number of aliphatic hydroxyl groups excluding tert-OH is 1. The predicted octanol–water partition coefficient (Wildman–Crippen LogP) is 1.44. The number of carbonyl (C=O) groups is 1. The summed E-state index contributed by atoms with van der Waals surface area (Å²) in [6.07, 6.45) is 0.551. The molecule has 2 aromatic heterocycles. The second kappa shape index (κ2) is 7.24. The van der Waals surface area contributed by atoms with Gasteiger partial charge in [-0.05, 0) is 41.6 Å². The van der Waals surface area contributed by atoms with Crippen molar-refractivity contribution < 1.29 is 14.3 Å². The van der Waals surface area contributed by atoms with Crippen molar-refractivity contribution in [3.05, 3.63) is 53.4 Å². The molecule has 2 heterocycles. The van der Waals surface area contributed by atoms with Gasteiger partial charge >= 0.3 is 0 Å². The average Bonchev–Trinajstić information content (AvgIpc) is 3.25. The molecule has 1 amide bonds. The Bertz CT molecular complexity index is 801. The van der Waals surface area contributed by atoms with E-state index >= 15 is 0 Å². The fourth-order valence-electron chi connectivity index (χ4n) is 2.00. The number of hydrogen-bond acceptors (Lipinski definition) is 6. The van der Waals surface area contributed by atoms with Gasteiger partial charge in [0.15, 0.2) is 0 Å². The second-order valence-corrected chi connectivity index (χ2v) is 5.42. The van der Waals surface area contributed by atoms with Gasteiger partial charge in [-0.25, -0.2) is 0 Å². The number of nitrogens with one attached hydrogen (secondary N) is 1. The first-order valence-electron chi connectivity index (χ1n) is 7.14. The van der Waals surface area contributed by atoms with Crippen LogP contribution in [0, 0.1) is 0 Å². The van der Waals surface area contributed by atoms with Gasteiger partial charge in [-0.3, -0.25) is 4.79 Å². The smallest absolute Gasteiger partial charge is 0.243 e. The number of rotatable bonds is 6. The van der Waals surface area contributed by atoms with Gasteiger partial charge in [-0.15, -0.1) is 10.2 Å². The molecule has 0 spiro atoms. The Balaban J connectivity index is 1.54. The van der Waals surface area contributed by atoms with Crippen molar-refractivity contribution in [3.63, 3.8) is 0 Å². The number of amides is 1. The highest BCUT2D eigenvalue weighted by molar-refractivity contribution is 6.30. The maximum Gasteiger partial charge on any atom is 0.243 e. The first-order chi connectivity index (χ1) is 11.6. The molecule has 1 unspecified atom stereocenters. The van der Waals surface area contributed by atoms with Gasteiger partial charge in [0, 0.05) is 10.6 Å². The molecular weight excluding hydrogens is 334 g/mol. The van der Waals surface area contributed by atoms with Gasteiger partial charge in [-0.2, -0.15) is 4.80 Å². The molecule has 3 aromatic rings.